The maximum atomic E-state index is 11.2. The van der Waals surface area contributed by atoms with Crippen LogP contribution >= 0.6 is 0 Å². The van der Waals surface area contributed by atoms with Crippen molar-refractivity contribution in [1.29, 1.82) is 0 Å². The second kappa shape index (κ2) is 5.56. The van der Waals surface area contributed by atoms with Gasteiger partial charge in [-0.25, -0.2) is 4.68 Å². The molecule has 19 heavy (non-hydrogen) atoms. The lowest BCUT2D eigenvalue weighted by atomic mass is 9.88. The Kier molecular flexibility index (Phi) is 4.52. The highest BCUT2D eigenvalue weighted by Crippen LogP contribution is 2.32. The number of nitrogens with zero attached hydrogens (tertiary/aromatic N) is 3. The van der Waals surface area contributed by atoms with Crippen molar-refractivity contribution in [3.05, 3.63) is 15.8 Å². The minimum atomic E-state index is -0.413. The molecule has 0 aliphatic rings. The predicted molar refractivity (Wildman–Crippen MR) is 75.2 cm³/mol. The van der Waals surface area contributed by atoms with E-state index in [1.54, 1.807) is 7.05 Å². The molecule has 0 radical (unpaired) electrons. The lowest BCUT2D eigenvalue weighted by molar-refractivity contribution is -0.384. The van der Waals surface area contributed by atoms with Crippen LogP contribution in [-0.2, 0) is 13.5 Å². The van der Waals surface area contributed by atoms with Crippen molar-refractivity contribution in [2.45, 2.75) is 39.7 Å². The summed E-state index contributed by atoms with van der Waals surface area (Å²) in [6.07, 6.45) is 0.521. The van der Waals surface area contributed by atoms with Crippen LogP contribution in [0.5, 0.6) is 0 Å². The summed E-state index contributed by atoms with van der Waals surface area (Å²) in [5, 5.41) is 18.7. The van der Waals surface area contributed by atoms with Gasteiger partial charge in [0.15, 0.2) is 0 Å². The number of hydrogen-bond acceptors (Lipinski definition) is 5. The van der Waals surface area contributed by atoms with Gasteiger partial charge in [-0.15, -0.1) is 0 Å². The summed E-state index contributed by atoms with van der Waals surface area (Å²) in [5.74, 6) is 0.653. The van der Waals surface area contributed by atoms with Crippen LogP contribution in [0, 0.1) is 16.0 Å². The summed E-state index contributed by atoms with van der Waals surface area (Å²) in [6.45, 7) is 8.25. The van der Waals surface area contributed by atoms with Gasteiger partial charge in [-0.1, -0.05) is 20.8 Å². The van der Waals surface area contributed by atoms with Gasteiger partial charge in [-0.2, -0.15) is 5.10 Å². The Morgan fingerprint density at radius 2 is 2.16 bits per heavy atom. The van der Waals surface area contributed by atoms with Crippen LogP contribution in [0.1, 0.15) is 33.4 Å². The first-order chi connectivity index (χ1) is 8.76. The summed E-state index contributed by atoms with van der Waals surface area (Å²) < 4.78 is 1.52. The highest BCUT2D eigenvalue weighted by Gasteiger charge is 2.33. The van der Waals surface area contributed by atoms with Crippen LogP contribution in [0.15, 0.2) is 0 Å². The van der Waals surface area contributed by atoms with Gasteiger partial charge in [-0.05, 0) is 19.3 Å². The van der Waals surface area contributed by atoms with Crippen molar-refractivity contribution in [3.63, 3.8) is 0 Å². The largest absolute Gasteiger partial charge is 0.358 e. The average Bonchev–Trinajstić information content (AvgIpc) is 2.65. The van der Waals surface area contributed by atoms with E-state index in [2.05, 4.69) is 10.4 Å². The van der Waals surface area contributed by atoms with Crippen LogP contribution in [-0.4, -0.2) is 26.8 Å². The number of anilines is 1. The fraction of sp³-hybridized carbons (Fsp3) is 0.750. The highest BCUT2D eigenvalue weighted by molar-refractivity contribution is 5.61. The van der Waals surface area contributed by atoms with Gasteiger partial charge in [0.05, 0.1) is 10.5 Å². The molecule has 0 aromatic carbocycles. The van der Waals surface area contributed by atoms with Crippen molar-refractivity contribution < 1.29 is 4.92 Å². The number of rotatable bonds is 6. The first-order valence-electron chi connectivity index (χ1n) is 6.45. The van der Waals surface area contributed by atoms with Gasteiger partial charge in [-0.3, -0.25) is 10.1 Å². The number of nitrogens with two attached hydrogens (primary N) is 1. The lowest BCUT2D eigenvalue weighted by Gasteiger charge is -2.34. The van der Waals surface area contributed by atoms with Crippen molar-refractivity contribution in [2.75, 3.05) is 11.9 Å². The van der Waals surface area contributed by atoms with E-state index in [-0.39, 0.29) is 16.5 Å². The molecule has 1 rings (SSSR count). The van der Waals surface area contributed by atoms with E-state index in [1.807, 2.05) is 27.7 Å². The zero-order valence-corrected chi connectivity index (χ0v) is 12.2. The maximum Gasteiger partial charge on any atom is 0.333 e. The standard InChI is InChI=1S/C12H23N5O2/c1-6-9-10(17(18)19)11(16(5)15-9)14-12(4,7-13)8(2)3/h8,14H,6-7,13H2,1-5H3. The van der Waals surface area contributed by atoms with Gasteiger partial charge in [0.1, 0.15) is 5.69 Å². The molecule has 0 aliphatic carbocycles. The third-order valence-corrected chi connectivity index (χ3v) is 3.71. The molecule has 1 atom stereocenters. The Hall–Kier alpha value is -1.63. The van der Waals surface area contributed by atoms with Gasteiger partial charge in [0.25, 0.3) is 0 Å². The monoisotopic (exact) mass is 269 g/mol. The minimum Gasteiger partial charge on any atom is -0.358 e. The smallest absolute Gasteiger partial charge is 0.333 e. The summed E-state index contributed by atoms with van der Waals surface area (Å²) >= 11 is 0. The molecule has 1 heterocycles. The predicted octanol–water partition coefficient (Wildman–Crippen LogP) is 1.68. The topological polar surface area (TPSA) is 99.0 Å². The first-order valence-corrected chi connectivity index (χ1v) is 6.45. The molecular formula is C12H23N5O2. The molecule has 0 spiro atoms. The molecule has 7 heteroatoms. The number of nitrogens with one attached hydrogen (secondary N) is 1. The second-order valence-corrected chi connectivity index (χ2v) is 5.28. The van der Waals surface area contributed by atoms with E-state index in [9.17, 15) is 10.1 Å². The van der Waals surface area contributed by atoms with E-state index in [1.165, 1.54) is 4.68 Å². The molecule has 7 nitrogen and oxygen atoms in total. The fourth-order valence-corrected chi connectivity index (χ4v) is 1.84. The third-order valence-electron chi connectivity index (χ3n) is 3.71. The zero-order chi connectivity index (χ0) is 14.8. The molecule has 0 fully saturated rings. The normalized spacial score (nSPS) is 14.5. The van der Waals surface area contributed by atoms with Crippen molar-refractivity contribution in [3.8, 4) is 0 Å². The Morgan fingerprint density at radius 3 is 2.53 bits per heavy atom. The summed E-state index contributed by atoms with van der Waals surface area (Å²) in [5.41, 5.74) is 5.93. The number of nitro groups is 1. The van der Waals surface area contributed by atoms with Gasteiger partial charge in [0.2, 0.25) is 5.82 Å². The molecular weight excluding hydrogens is 246 g/mol. The van der Waals surface area contributed by atoms with E-state index in [0.717, 1.165) is 0 Å². The molecule has 0 bridgehead atoms. The molecule has 3 N–H and O–H groups in total. The zero-order valence-electron chi connectivity index (χ0n) is 12.2. The van der Waals surface area contributed by atoms with Crippen LogP contribution in [0.2, 0.25) is 0 Å². The number of hydrogen-bond donors (Lipinski definition) is 2. The quantitative estimate of drug-likeness (QED) is 0.604. The summed E-state index contributed by atoms with van der Waals surface area (Å²) in [4.78, 5) is 10.9. The number of aryl methyl sites for hydroxylation is 2. The Balaban J connectivity index is 3.27. The first kappa shape index (κ1) is 15.4. The van der Waals surface area contributed by atoms with Crippen LogP contribution in [0.25, 0.3) is 0 Å². The van der Waals surface area contributed by atoms with Crippen LogP contribution in [0.3, 0.4) is 0 Å². The third kappa shape index (κ3) is 2.86. The Labute approximate surface area is 113 Å². The lowest BCUT2D eigenvalue weighted by Crippen LogP contribution is -2.47. The van der Waals surface area contributed by atoms with E-state index in [0.29, 0.717) is 24.5 Å². The van der Waals surface area contributed by atoms with E-state index >= 15 is 0 Å². The average molecular weight is 269 g/mol. The molecule has 0 saturated heterocycles. The number of aromatic nitrogens is 2. The summed E-state index contributed by atoms with van der Waals surface area (Å²) in [7, 11) is 1.70. The van der Waals surface area contributed by atoms with Gasteiger partial charge in [0, 0.05) is 13.6 Å². The fourth-order valence-electron chi connectivity index (χ4n) is 1.84. The van der Waals surface area contributed by atoms with E-state index in [4.69, 9.17) is 5.73 Å². The van der Waals surface area contributed by atoms with Crippen molar-refractivity contribution in [2.24, 2.45) is 18.7 Å². The second-order valence-electron chi connectivity index (χ2n) is 5.28. The molecule has 0 aliphatic heterocycles. The maximum absolute atomic E-state index is 11.2. The Bertz CT molecular complexity index is 469. The van der Waals surface area contributed by atoms with Gasteiger partial charge >= 0.3 is 5.69 Å². The molecule has 0 saturated carbocycles. The van der Waals surface area contributed by atoms with Crippen LogP contribution in [0.4, 0.5) is 11.5 Å². The van der Waals surface area contributed by atoms with Crippen molar-refractivity contribution in [1.82, 2.24) is 9.78 Å². The molecule has 1 aromatic heterocycles. The van der Waals surface area contributed by atoms with Gasteiger partial charge < -0.3 is 11.1 Å². The summed E-state index contributed by atoms with van der Waals surface area (Å²) in [6, 6.07) is 0. The van der Waals surface area contributed by atoms with Crippen molar-refractivity contribution >= 4 is 11.5 Å². The molecule has 108 valence electrons. The Morgan fingerprint density at radius 1 is 1.58 bits per heavy atom. The molecule has 1 aromatic rings. The molecule has 0 amide bonds. The van der Waals surface area contributed by atoms with E-state index < -0.39 is 5.54 Å². The van der Waals surface area contributed by atoms with Crippen LogP contribution < -0.4 is 11.1 Å². The SMILES string of the molecule is CCc1nn(C)c(NC(C)(CN)C(C)C)c1[N+](=O)[O-]. The minimum absolute atomic E-state index is 0.0466. The highest BCUT2D eigenvalue weighted by atomic mass is 16.6. The molecule has 1 unspecified atom stereocenters.